The minimum Gasteiger partial charge on any atom is -0.483 e. The molecule has 0 spiro atoms. The van der Waals surface area contributed by atoms with Gasteiger partial charge < -0.3 is 77.0 Å². The Kier molecular flexibility index (Phi) is 40.9. The molecule has 1 saturated carbocycles. The van der Waals surface area contributed by atoms with Crippen molar-refractivity contribution >= 4 is 61.9 Å². The monoisotopic (exact) mass is 1020 g/mol. The SMILES string of the molecule is C=O.CC.CN(C)C(N)=NCCC[C@H](NC(=O)CCCN1CCN(CC(=O)O)CCN(CC(=O)O)CC1)C(=O)NCCCCC(=O)NCC1CCCCC1.CNCC(=O)N1CC(O)CC1B(O)O.O=CO. The maximum Gasteiger partial charge on any atom is 0.475 e. The Balaban J connectivity index is 0. The number of unbranched alkanes of at least 4 members (excludes halogenated alkanes) is 1. The summed E-state index contributed by atoms with van der Waals surface area (Å²) in [6.45, 7) is 11.1. The third kappa shape index (κ3) is 34.1. The first-order chi connectivity index (χ1) is 33.9. The van der Waals surface area contributed by atoms with Crippen LogP contribution >= 0.6 is 0 Å². The minimum atomic E-state index is -1.59. The number of hydrogen-bond donors (Lipinski definition) is 11. The quantitative estimate of drug-likeness (QED) is 0.0159. The number of carbonyl (C=O) groups is 8. The van der Waals surface area contributed by atoms with Gasteiger partial charge in [0.15, 0.2) is 5.96 Å². The maximum atomic E-state index is 13.2. The number of guanidine groups is 1. The van der Waals surface area contributed by atoms with Crippen LogP contribution in [0, 0.1) is 5.92 Å². The van der Waals surface area contributed by atoms with Crippen molar-refractivity contribution in [1.29, 1.82) is 0 Å². The number of amides is 4. The van der Waals surface area contributed by atoms with E-state index in [1.165, 1.54) is 37.0 Å². The Morgan fingerprint density at radius 3 is 1.87 bits per heavy atom. The molecule has 2 aliphatic heterocycles. The third-order valence-electron chi connectivity index (χ3n) is 11.6. The highest BCUT2D eigenvalue weighted by atomic mass is 16.4. The standard InChI is InChI=1S/C34H63N9O7.C7H15BN2O4.C2H6.CH2O2.CH2O/c1-40(2)34(35)37-16-8-12-28(33(50)36-15-7-6-13-29(44)38-24-27-10-4-3-5-11-27)39-30(45)14-9-17-41-18-20-42(25-31(46)47)22-23-43(21-19-41)26-32(48)49;1-9-3-7(12)10-4-5(11)2-6(10)8(13)14;1-2;2-1-3;1-2/h27-28H,3-26H2,1-2H3,(H2,35,37)(H,36,50)(H,38,44)(H,39,45)(H,46,47)(H,48,49);5-6,9,11,13-14H,2-4H2,1H3;1-2H3;1H,(H,2,3);1H2/t28-;;;;/m0..../s1. The number of rotatable bonds is 24. The van der Waals surface area contributed by atoms with E-state index in [9.17, 15) is 44.1 Å². The molecule has 2 heterocycles. The number of aliphatic hydroxyl groups excluding tert-OH is 1. The first kappa shape index (κ1) is 68.1. The van der Waals surface area contributed by atoms with Crippen LogP contribution in [0.25, 0.3) is 0 Å². The van der Waals surface area contributed by atoms with E-state index in [-0.39, 0.29) is 69.1 Å². The average Bonchev–Trinajstić information content (AvgIpc) is 3.77. The van der Waals surface area contributed by atoms with Crippen LogP contribution in [0.15, 0.2) is 4.99 Å². The topological polar surface area (TPSA) is 361 Å². The summed E-state index contributed by atoms with van der Waals surface area (Å²) >= 11 is 0. The molecule has 2 saturated heterocycles. The van der Waals surface area contributed by atoms with Crippen LogP contribution in [0.3, 0.4) is 0 Å². The van der Waals surface area contributed by atoms with Crippen molar-refractivity contribution in [2.45, 2.75) is 115 Å². The molecule has 0 aromatic carbocycles. The Morgan fingerprint density at radius 1 is 0.831 bits per heavy atom. The number of β-amino-alcohol motifs (C(OH)–C–C–N with tert-alkyl or cyclic N) is 1. The number of hydrogen-bond acceptors (Lipinski definition) is 16. The van der Waals surface area contributed by atoms with Crippen LogP contribution in [0.5, 0.6) is 0 Å². The summed E-state index contributed by atoms with van der Waals surface area (Å²) in [7, 11) is 3.63. The number of likely N-dealkylation sites (N-methyl/N-ethyl adjacent to an activating group) is 1. The summed E-state index contributed by atoms with van der Waals surface area (Å²) in [5.74, 6) is -2.30. The van der Waals surface area contributed by atoms with Crippen LogP contribution in [0.4, 0.5) is 0 Å². The molecule has 25 nitrogen and oxygen atoms in total. The number of nitrogens with one attached hydrogen (secondary N) is 4. The van der Waals surface area contributed by atoms with Gasteiger partial charge in [-0.05, 0) is 70.9 Å². The van der Waals surface area contributed by atoms with Gasteiger partial charge in [-0.1, -0.05) is 33.1 Å². The number of nitrogens with two attached hydrogens (primary N) is 1. The summed E-state index contributed by atoms with van der Waals surface area (Å²) in [5.41, 5.74) is 5.88. The number of carboxylic acid groups (broad SMARTS) is 3. The third-order valence-corrected chi connectivity index (χ3v) is 11.6. The highest BCUT2D eigenvalue weighted by Gasteiger charge is 2.40. The second-order valence-corrected chi connectivity index (χ2v) is 17.3. The molecule has 3 fully saturated rings. The van der Waals surface area contributed by atoms with Crippen molar-refractivity contribution < 1.29 is 68.8 Å². The molecule has 3 aliphatic rings. The van der Waals surface area contributed by atoms with Crippen LogP contribution in [-0.2, 0) is 38.4 Å². The van der Waals surface area contributed by atoms with Crippen molar-refractivity contribution in [3.8, 4) is 0 Å². The molecule has 0 aromatic rings. The van der Waals surface area contributed by atoms with Gasteiger partial charge >= 0.3 is 19.1 Å². The number of aliphatic hydroxyl groups is 1. The smallest absolute Gasteiger partial charge is 0.475 e. The maximum absolute atomic E-state index is 13.2. The van der Waals surface area contributed by atoms with Gasteiger partial charge in [-0.2, -0.15) is 0 Å². The summed E-state index contributed by atoms with van der Waals surface area (Å²) in [6.07, 6.45) is 9.05. The molecule has 12 N–H and O–H groups in total. The highest BCUT2D eigenvalue weighted by Crippen LogP contribution is 2.23. The lowest BCUT2D eigenvalue weighted by Gasteiger charge is -2.25. The van der Waals surface area contributed by atoms with E-state index in [0.717, 1.165) is 6.54 Å². The van der Waals surface area contributed by atoms with E-state index in [1.807, 2.05) is 20.6 Å². The van der Waals surface area contributed by atoms with Gasteiger partial charge in [0.1, 0.15) is 12.8 Å². The molecule has 410 valence electrons. The van der Waals surface area contributed by atoms with E-state index in [4.69, 9.17) is 30.5 Å². The van der Waals surface area contributed by atoms with Crippen molar-refractivity contribution in [2.24, 2.45) is 16.6 Å². The molecule has 0 radical (unpaired) electrons. The van der Waals surface area contributed by atoms with E-state index in [1.54, 1.807) is 35.8 Å². The molecule has 1 aliphatic carbocycles. The fourth-order valence-corrected chi connectivity index (χ4v) is 7.88. The van der Waals surface area contributed by atoms with Crippen molar-refractivity contribution in [1.82, 2.24) is 45.8 Å². The summed E-state index contributed by atoms with van der Waals surface area (Å²) in [5, 5.41) is 64.3. The lowest BCUT2D eigenvalue weighted by atomic mass is 9.77. The fourth-order valence-electron chi connectivity index (χ4n) is 7.88. The predicted molar refractivity (Wildman–Crippen MR) is 269 cm³/mol. The number of nitrogens with zero attached hydrogens (tertiary/aromatic N) is 6. The Bertz CT molecular complexity index is 1500. The molecule has 0 bridgehead atoms. The summed E-state index contributed by atoms with van der Waals surface area (Å²) in [6, 6.07) is -0.739. The Hall–Kier alpha value is -4.99. The number of carboxylic acids is 2. The minimum absolute atomic E-state index is 0.0473. The molecular weight excluding hydrogens is 929 g/mol. The zero-order valence-corrected chi connectivity index (χ0v) is 43.0. The molecule has 2 unspecified atom stereocenters. The van der Waals surface area contributed by atoms with E-state index in [0.29, 0.717) is 109 Å². The van der Waals surface area contributed by atoms with Crippen molar-refractivity contribution in [3.63, 3.8) is 0 Å². The molecule has 71 heavy (non-hydrogen) atoms. The zero-order valence-electron chi connectivity index (χ0n) is 43.0. The van der Waals surface area contributed by atoms with Crippen LogP contribution in [0.1, 0.15) is 97.3 Å². The second kappa shape index (κ2) is 42.7. The lowest BCUT2D eigenvalue weighted by Crippen LogP contribution is -2.48. The van der Waals surface area contributed by atoms with E-state index in [2.05, 4.69) is 31.2 Å². The van der Waals surface area contributed by atoms with Gasteiger partial charge in [-0.15, -0.1) is 0 Å². The summed E-state index contributed by atoms with van der Waals surface area (Å²) < 4.78 is 0. The molecule has 3 atom stereocenters. The van der Waals surface area contributed by atoms with Crippen molar-refractivity contribution in [3.05, 3.63) is 0 Å². The zero-order chi connectivity index (χ0) is 54.1. The number of aliphatic imine (C=N–C) groups is 1. The first-order valence-electron chi connectivity index (χ1n) is 24.7. The lowest BCUT2D eigenvalue weighted by molar-refractivity contribution is -0.140. The first-order valence-corrected chi connectivity index (χ1v) is 24.7. The van der Waals surface area contributed by atoms with Gasteiger partial charge in [0.2, 0.25) is 23.6 Å². The van der Waals surface area contributed by atoms with Gasteiger partial charge in [0, 0.05) is 92.4 Å². The Morgan fingerprint density at radius 2 is 1.37 bits per heavy atom. The van der Waals surface area contributed by atoms with Crippen LogP contribution < -0.4 is 27.0 Å². The number of likely N-dealkylation sites (tertiary alicyclic amines) is 1. The van der Waals surface area contributed by atoms with Gasteiger partial charge in [-0.25, -0.2) is 0 Å². The van der Waals surface area contributed by atoms with Gasteiger partial charge in [-0.3, -0.25) is 48.4 Å². The molecular formula is C45H88BN11O14. The van der Waals surface area contributed by atoms with E-state index < -0.39 is 37.1 Å². The van der Waals surface area contributed by atoms with Gasteiger partial charge in [0.25, 0.3) is 6.47 Å². The summed E-state index contributed by atoms with van der Waals surface area (Å²) in [4.78, 5) is 102. The molecule has 26 heteroatoms. The molecule has 4 amide bonds. The van der Waals surface area contributed by atoms with Crippen LogP contribution in [0.2, 0.25) is 0 Å². The highest BCUT2D eigenvalue weighted by molar-refractivity contribution is 6.43. The normalized spacial score (nSPS) is 18.2. The average molecular weight is 1020 g/mol. The van der Waals surface area contributed by atoms with Gasteiger partial charge in [0.05, 0.1) is 31.7 Å². The molecule has 0 aromatic heterocycles. The Labute approximate surface area is 420 Å². The molecule has 3 rings (SSSR count). The van der Waals surface area contributed by atoms with E-state index >= 15 is 0 Å². The fraction of sp³-hybridized carbons (Fsp3) is 0.800. The predicted octanol–water partition coefficient (Wildman–Crippen LogP) is -2.30. The van der Waals surface area contributed by atoms with Crippen LogP contribution in [-0.4, -0.2) is 248 Å². The second-order valence-electron chi connectivity index (χ2n) is 17.3. The number of carbonyl (C=O) groups excluding carboxylic acids is 5. The number of aliphatic carboxylic acids is 2. The largest absolute Gasteiger partial charge is 0.483 e. The van der Waals surface area contributed by atoms with Crippen molar-refractivity contribution in [2.75, 3.05) is 113 Å².